The first-order valence-corrected chi connectivity index (χ1v) is 6.04. The van der Waals surface area contributed by atoms with Gasteiger partial charge < -0.3 is 10.3 Å². The zero-order valence-corrected chi connectivity index (χ0v) is 10.4. The molecule has 0 fully saturated rings. The Bertz CT molecular complexity index is 448. The standard InChI is InChI=1S/C14H19N3/c1-11-5-3-4-6-13(11)12(2)15-8-7-14-16-9-10-17-14/h3-6,9-10,12,15H,7-8H2,1-2H3,(H,16,17). The second-order valence-corrected chi connectivity index (χ2v) is 4.32. The molecular formula is C14H19N3. The summed E-state index contributed by atoms with van der Waals surface area (Å²) in [6.45, 7) is 5.29. The highest BCUT2D eigenvalue weighted by molar-refractivity contribution is 5.28. The first-order valence-electron chi connectivity index (χ1n) is 6.04. The Morgan fingerprint density at radius 2 is 2.18 bits per heavy atom. The van der Waals surface area contributed by atoms with E-state index in [2.05, 4.69) is 53.4 Å². The van der Waals surface area contributed by atoms with Crippen molar-refractivity contribution in [2.75, 3.05) is 6.54 Å². The summed E-state index contributed by atoms with van der Waals surface area (Å²) in [6.07, 6.45) is 4.59. The minimum absolute atomic E-state index is 0.381. The lowest BCUT2D eigenvalue weighted by atomic mass is 10.0. The minimum atomic E-state index is 0.381. The molecule has 2 rings (SSSR count). The average Bonchev–Trinajstić information content (AvgIpc) is 2.82. The summed E-state index contributed by atoms with van der Waals surface area (Å²) in [5.41, 5.74) is 2.71. The van der Waals surface area contributed by atoms with Crippen molar-refractivity contribution in [3.8, 4) is 0 Å². The monoisotopic (exact) mass is 229 g/mol. The van der Waals surface area contributed by atoms with Crippen LogP contribution in [0.3, 0.4) is 0 Å². The Morgan fingerprint density at radius 3 is 2.88 bits per heavy atom. The lowest BCUT2D eigenvalue weighted by molar-refractivity contribution is 0.569. The van der Waals surface area contributed by atoms with Gasteiger partial charge in [0.15, 0.2) is 0 Å². The van der Waals surface area contributed by atoms with Crippen LogP contribution in [0.4, 0.5) is 0 Å². The van der Waals surface area contributed by atoms with Crippen LogP contribution in [0.25, 0.3) is 0 Å². The normalized spacial score (nSPS) is 12.6. The highest BCUT2D eigenvalue weighted by atomic mass is 14.9. The third-order valence-corrected chi connectivity index (χ3v) is 3.02. The van der Waals surface area contributed by atoms with E-state index in [-0.39, 0.29) is 0 Å². The van der Waals surface area contributed by atoms with Crippen LogP contribution in [0, 0.1) is 6.92 Å². The molecule has 0 bridgehead atoms. The SMILES string of the molecule is Cc1ccccc1C(C)NCCc1ncc[nH]1. The predicted octanol–water partition coefficient (Wildman–Crippen LogP) is 2.61. The summed E-state index contributed by atoms with van der Waals surface area (Å²) in [5.74, 6) is 1.04. The van der Waals surface area contributed by atoms with Gasteiger partial charge in [0.25, 0.3) is 0 Å². The van der Waals surface area contributed by atoms with Crippen LogP contribution >= 0.6 is 0 Å². The Balaban J connectivity index is 1.85. The summed E-state index contributed by atoms with van der Waals surface area (Å²) >= 11 is 0. The number of aromatic amines is 1. The number of benzene rings is 1. The van der Waals surface area contributed by atoms with Gasteiger partial charge in [-0.25, -0.2) is 4.98 Å². The molecule has 1 unspecified atom stereocenters. The smallest absolute Gasteiger partial charge is 0.107 e. The van der Waals surface area contributed by atoms with Gasteiger partial charge in [0.05, 0.1) is 0 Å². The highest BCUT2D eigenvalue weighted by Crippen LogP contribution is 2.16. The van der Waals surface area contributed by atoms with Crippen molar-refractivity contribution in [2.24, 2.45) is 0 Å². The van der Waals surface area contributed by atoms with Crippen LogP contribution in [-0.2, 0) is 6.42 Å². The second kappa shape index (κ2) is 5.64. The first kappa shape index (κ1) is 11.9. The van der Waals surface area contributed by atoms with E-state index in [1.807, 2.05) is 6.20 Å². The van der Waals surface area contributed by atoms with Crippen molar-refractivity contribution in [1.82, 2.24) is 15.3 Å². The zero-order valence-electron chi connectivity index (χ0n) is 10.4. The van der Waals surface area contributed by atoms with Crippen LogP contribution in [0.2, 0.25) is 0 Å². The second-order valence-electron chi connectivity index (χ2n) is 4.32. The summed E-state index contributed by atoms with van der Waals surface area (Å²) in [7, 11) is 0. The molecular weight excluding hydrogens is 210 g/mol. The molecule has 0 aliphatic carbocycles. The Labute approximate surface area is 102 Å². The molecule has 2 N–H and O–H groups in total. The summed E-state index contributed by atoms with van der Waals surface area (Å²) in [4.78, 5) is 7.32. The van der Waals surface area contributed by atoms with Crippen molar-refractivity contribution in [2.45, 2.75) is 26.3 Å². The largest absolute Gasteiger partial charge is 0.349 e. The zero-order chi connectivity index (χ0) is 12.1. The van der Waals surface area contributed by atoms with Crippen LogP contribution in [-0.4, -0.2) is 16.5 Å². The van der Waals surface area contributed by atoms with Crippen molar-refractivity contribution in [3.05, 3.63) is 53.6 Å². The van der Waals surface area contributed by atoms with Crippen LogP contribution in [0.1, 0.15) is 29.9 Å². The van der Waals surface area contributed by atoms with Crippen LogP contribution in [0.15, 0.2) is 36.7 Å². The fraction of sp³-hybridized carbons (Fsp3) is 0.357. The van der Waals surface area contributed by atoms with E-state index in [0.717, 1.165) is 18.8 Å². The number of aromatic nitrogens is 2. The highest BCUT2D eigenvalue weighted by Gasteiger charge is 2.06. The molecule has 1 heterocycles. The maximum Gasteiger partial charge on any atom is 0.107 e. The fourth-order valence-electron chi connectivity index (χ4n) is 2.02. The van der Waals surface area contributed by atoms with Crippen molar-refractivity contribution >= 4 is 0 Å². The van der Waals surface area contributed by atoms with E-state index in [1.54, 1.807) is 6.20 Å². The lowest BCUT2D eigenvalue weighted by Crippen LogP contribution is -2.22. The molecule has 0 amide bonds. The molecule has 3 heteroatoms. The summed E-state index contributed by atoms with van der Waals surface area (Å²) < 4.78 is 0. The van der Waals surface area contributed by atoms with Crippen molar-refractivity contribution in [1.29, 1.82) is 0 Å². The van der Waals surface area contributed by atoms with Gasteiger partial charge >= 0.3 is 0 Å². The Hall–Kier alpha value is -1.61. The number of imidazole rings is 1. The third-order valence-electron chi connectivity index (χ3n) is 3.02. The molecule has 0 radical (unpaired) electrons. The van der Waals surface area contributed by atoms with E-state index in [0.29, 0.717) is 6.04 Å². The number of nitrogens with zero attached hydrogens (tertiary/aromatic N) is 1. The molecule has 0 saturated heterocycles. The number of H-pyrrole nitrogens is 1. The summed E-state index contributed by atoms with van der Waals surface area (Å²) in [6, 6.07) is 8.88. The van der Waals surface area contributed by atoms with Gasteiger partial charge in [-0.1, -0.05) is 24.3 Å². The van der Waals surface area contributed by atoms with E-state index in [1.165, 1.54) is 11.1 Å². The lowest BCUT2D eigenvalue weighted by Gasteiger charge is -2.16. The molecule has 1 aromatic heterocycles. The molecule has 2 aromatic rings. The van der Waals surface area contributed by atoms with Gasteiger partial charge in [-0.2, -0.15) is 0 Å². The molecule has 17 heavy (non-hydrogen) atoms. The number of rotatable bonds is 5. The molecule has 0 saturated carbocycles. The minimum Gasteiger partial charge on any atom is -0.349 e. The quantitative estimate of drug-likeness (QED) is 0.827. The van der Waals surface area contributed by atoms with E-state index >= 15 is 0 Å². The van der Waals surface area contributed by atoms with E-state index < -0.39 is 0 Å². The summed E-state index contributed by atoms with van der Waals surface area (Å²) in [5, 5.41) is 3.52. The molecule has 1 aromatic carbocycles. The van der Waals surface area contributed by atoms with Crippen molar-refractivity contribution in [3.63, 3.8) is 0 Å². The predicted molar refractivity (Wildman–Crippen MR) is 69.9 cm³/mol. The molecule has 90 valence electrons. The van der Waals surface area contributed by atoms with Crippen molar-refractivity contribution < 1.29 is 0 Å². The van der Waals surface area contributed by atoms with Gasteiger partial charge in [0, 0.05) is 31.4 Å². The molecule has 0 aliphatic heterocycles. The topological polar surface area (TPSA) is 40.7 Å². The Kier molecular flexibility index (Phi) is 3.94. The van der Waals surface area contributed by atoms with Gasteiger partial charge in [0.1, 0.15) is 5.82 Å². The third kappa shape index (κ3) is 3.17. The van der Waals surface area contributed by atoms with Crippen LogP contribution < -0.4 is 5.32 Å². The van der Waals surface area contributed by atoms with Gasteiger partial charge in [-0.15, -0.1) is 0 Å². The number of aryl methyl sites for hydroxylation is 1. The van der Waals surface area contributed by atoms with Gasteiger partial charge in [-0.05, 0) is 25.0 Å². The number of hydrogen-bond acceptors (Lipinski definition) is 2. The maximum atomic E-state index is 4.21. The number of nitrogens with one attached hydrogen (secondary N) is 2. The number of hydrogen-bond donors (Lipinski definition) is 2. The van der Waals surface area contributed by atoms with Gasteiger partial charge in [-0.3, -0.25) is 0 Å². The fourth-order valence-corrected chi connectivity index (χ4v) is 2.02. The Morgan fingerprint density at radius 1 is 1.35 bits per heavy atom. The van der Waals surface area contributed by atoms with Gasteiger partial charge in [0.2, 0.25) is 0 Å². The molecule has 0 aliphatic rings. The molecule has 0 spiro atoms. The van der Waals surface area contributed by atoms with E-state index in [9.17, 15) is 0 Å². The van der Waals surface area contributed by atoms with E-state index in [4.69, 9.17) is 0 Å². The maximum absolute atomic E-state index is 4.21. The molecule has 1 atom stereocenters. The van der Waals surface area contributed by atoms with Crippen LogP contribution in [0.5, 0.6) is 0 Å². The molecule has 3 nitrogen and oxygen atoms in total. The average molecular weight is 229 g/mol. The first-order chi connectivity index (χ1) is 8.27.